The van der Waals surface area contributed by atoms with Crippen molar-refractivity contribution in [3.8, 4) is 23.3 Å². The van der Waals surface area contributed by atoms with Gasteiger partial charge in [-0.3, -0.25) is 0 Å². The highest BCUT2D eigenvalue weighted by Crippen LogP contribution is 2.29. The molecule has 0 atom stereocenters. The summed E-state index contributed by atoms with van der Waals surface area (Å²) in [6.07, 6.45) is 0. The lowest BCUT2D eigenvalue weighted by Gasteiger charge is -2.11. The summed E-state index contributed by atoms with van der Waals surface area (Å²) >= 11 is 0. The van der Waals surface area contributed by atoms with Crippen LogP contribution in [-0.2, 0) is 0 Å². The van der Waals surface area contributed by atoms with Gasteiger partial charge in [0.05, 0.1) is 11.1 Å². The summed E-state index contributed by atoms with van der Waals surface area (Å²) in [4.78, 5) is 0. The minimum Gasteiger partial charge on any atom is -0.204 e. The molecule has 0 amide bonds. The number of rotatable bonds is 1. The lowest BCUT2D eigenvalue weighted by Crippen LogP contribution is -1.94. The third-order valence-electron chi connectivity index (χ3n) is 3.08. The van der Waals surface area contributed by atoms with E-state index >= 15 is 0 Å². The lowest BCUT2D eigenvalue weighted by atomic mass is 9.93. The van der Waals surface area contributed by atoms with Gasteiger partial charge >= 0.3 is 0 Å². The van der Waals surface area contributed by atoms with Crippen molar-refractivity contribution in [2.24, 2.45) is 0 Å². The monoisotopic (exact) mass is 250 g/mol. The Morgan fingerprint density at radius 2 is 1.42 bits per heavy atom. The van der Waals surface area contributed by atoms with Crippen molar-refractivity contribution in [2.75, 3.05) is 0 Å². The average Bonchev–Trinajstić information content (AvgIpc) is 2.40. The van der Waals surface area contributed by atoms with Crippen LogP contribution < -0.4 is 0 Å². The molecule has 0 heterocycles. The molecule has 0 aromatic heterocycles. The number of hydrogen-bond donors (Lipinski definition) is 0. The Morgan fingerprint density at radius 1 is 0.947 bits per heavy atom. The Hall–Kier alpha value is -2.65. The Bertz CT molecular complexity index is 678. The van der Waals surface area contributed by atoms with E-state index in [1.165, 1.54) is 12.1 Å². The first-order valence-electron chi connectivity index (χ1n) is 5.78. The molecule has 0 aliphatic rings. The Kier molecular flexibility index (Phi) is 3.31. The zero-order chi connectivity index (χ0) is 14.0. The van der Waals surface area contributed by atoms with Gasteiger partial charge in [-0.05, 0) is 48.2 Å². The Morgan fingerprint density at radius 3 is 1.84 bits per heavy atom. The van der Waals surface area contributed by atoms with Crippen molar-refractivity contribution < 1.29 is 4.39 Å². The van der Waals surface area contributed by atoms with Crippen LogP contribution in [0.2, 0.25) is 0 Å². The molecule has 0 unspecified atom stereocenters. The molecule has 0 aliphatic heterocycles. The van der Waals surface area contributed by atoms with Gasteiger partial charge in [0.15, 0.2) is 5.82 Å². The van der Waals surface area contributed by atoms with E-state index in [9.17, 15) is 4.39 Å². The molecule has 0 radical (unpaired) electrons. The van der Waals surface area contributed by atoms with Gasteiger partial charge in [0.1, 0.15) is 12.1 Å². The average molecular weight is 250 g/mol. The zero-order valence-electron chi connectivity index (χ0n) is 10.7. The molecule has 2 aromatic rings. The highest BCUT2D eigenvalue weighted by Gasteiger charge is 2.13. The molecule has 0 saturated carbocycles. The maximum Gasteiger partial charge on any atom is 0.158 e. The van der Waals surface area contributed by atoms with E-state index < -0.39 is 5.82 Å². The van der Waals surface area contributed by atoms with Gasteiger partial charge in [-0.25, -0.2) is 4.39 Å². The fourth-order valence-electron chi connectivity index (χ4n) is 2.20. The minimum absolute atomic E-state index is 0.100. The second-order valence-corrected chi connectivity index (χ2v) is 4.38. The van der Waals surface area contributed by atoms with Crippen LogP contribution in [0.3, 0.4) is 0 Å². The Labute approximate surface area is 111 Å². The fraction of sp³-hybridized carbons (Fsp3) is 0.125. The molecule has 3 heteroatoms. The summed E-state index contributed by atoms with van der Waals surface area (Å²) in [5.41, 5.74) is 3.49. The molecular weight excluding hydrogens is 239 g/mol. The summed E-state index contributed by atoms with van der Waals surface area (Å²) in [5.74, 6) is -0.750. The van der Waals surface area contributed by atoms with Crippen molar-refractivity contribution in [3.05, 3.63) is 58.4 Å². The number of hydrogen-bond acceptors (Lipinski definition) is 2. The first-order chi connectivity index (χ1) is 9.08. The second kappa shape index (κ2) is 4.92. The van der Waals surface area contributed by atoms with Crippen molar-refractivity contribution in [1.29, 1.82) is 10.5 Å². The van der Waals surface area contributed by atoms with E-state index in [0.29, 0.717) is 5.56 Å². The number of nitriles is 2. The van der Waals surface area contributed by atoms with Crippen LogP contribution in [0, 0.1) is 42.3 Å². The molecule has 0 bridgehead atoms. The summed E-state index contributed by atoms with van der Waals surface area (Å²) < 4.78 is 13.7. The number of halogens is 1. The second-order valence-electron chi connectivity index (χ2n) is 4.38. The third-order valence-corrected chi connectivity index (χ3v) is 3.08. The van der Waals surface area contributed by atoms with Crippen molar-refractivity contribution in [1.82, 2.24) is 0 Å². The summed E-state index contributed by atoms with van der Waals surface area (Å²) in [6, 6.07) is 12.4. The van der Waals surface area contributed by atoms with Gasteiger partial charge in [-0.15, -0.1) is 0 Å². The van der Waals surface area contributed by atoms with Crippen molar-refractivity contribution in [2.45, 2.75) is 13.8 Å². The third kappa shape index (κ3) is 2.19. The maximum atomic E-state index is 13.7. The molecule has 0 spiro atoms. The zero-order valence-corrected chi connectivity index (χ0v) is 10.7. The minimum atomic E-state index is -0.750. The SMILES string of the molecule is Cc1cccc(C)c1-c1cc(C#N)c(F)c(C#N)c1. The van der Waals surface area contributed by atoms with Crippen molar-refractivity contribution in [3.63, 3.8) is 0 Å². The highest BCUT2D eigenvalue weighted by molar-refractivity contribution is 5.73. The van der Waals surface area contributed by atoms with E-state index in [4.69, 9.17) is 10.5 Å². The van der Waals surface area contributed by atoms with E-state index in [-0.39, 0.29) is 11.1 Å². The molecule has 0 fully saturated rings. The van der Waals surface area contributed by atoms with Crippen LogP contribution in [0.5, 0.6) is 0 Å². The Balaban J connectivity index is 2.78. The highest BCUT2D eigenvalue weighted by atomic mass is 19.1. The van der Waals surface area contributed by atoms with Crippen LogP contribution in [0.25, 0.3) is 11.1 Å². The predicted molar refractivity (Wildman–Crippen MR) is 70.7 cm³/mol. The first-order valence-corrected chi connectivity index (χ1v) is 5.78. The van der Waals surface area contributed by atoms with Gasteiger partial charge in [-0.2, -0.15) is 10.5 Å². The molecule has 19 heavy (non-hydrogen) atoms. The van der Waals surface area contributed by atoms with Crippen LogP contribution in [0.1, 0.15) is 22.3 Å². The van der Waals surface area contributed by atoms with E-state index in [1.807, 2.05) is 32.0 Å². The van der Waals surface area contributed by atoms with E-state index in [0.717, 1.165) is 16.7 Å². The van der Waals surface area contributed by atoms with Gasteiger partial charge in [-0.1, -0.05) is 18.2 Å². The van der Waals surface area contributed by atoms with Gasteiger partial charge in [0, 0.05) is 0 Å². The summed E-state index contributed by atoms with van der Waals surface area (Å²) in [5, 5.41) is 17.9. The van der Waals surface area contributed by atoms with Crippen molar-refractivity contribution >= 4 is 0 Å². The topological polar surface area (TPSA) is 47.6 Å². The van der Waals surface area contributed by atoms with E-state index in [1.54, 1.807) is 12.1 Å². The molecular formula is C16H11FN2. The number of aryl methyl sites for hydroxylation is 2. The molecule has 2 aromatic carbocycles. The molecule has 0 saturated heterocycles. The predicted octanol–water partition coefficient (Wildman–Crippen LogP) is 3.85. The fourth-order valence-corrected chi connectivity index (χ4v) is 2.20. The number of nitrogens with zero attached hydrogens (tertiary/aromatic N) is 2. The number of benzene rings is 2. The van der Waals surface area contributed by atoms with Gasteiger partial charge in [0.2, 0.25) is 0 Å². The van der Waals surface area contributed by atoms with E-state index in [2.05, 4.69) is 0 Å². The molecule has 2 nitrogen and oxygen atoms in total. The van der Waals surface area contributed by atoms with Gasteiger partial charge < -0.3 is 0 Å². The molecule has 2 rings (SSSR count). The van der Waals surface area contributed by atoms with Crippen LogP contribution in [0.15, 0.2) is 30.3 Å². The summed E-state index contributed by atoms with van der Waals surface area (Å²) in [6.45, 7) is 3.90. The van der Waals surface area contributed by atoms with Gasteiger partial charge in [0.25, 0.3) is 0 Å². The molecule has 92 valence electrons. The maximum absolute atomic E-state index is 13.7. The largest absolute Gasteiger partial charge is 0.204 e. The van der Waals surface area contributed by atoms with Crippen LogP contribution in [-0.4, -0.2) is 0 Å². The molecule has 0 N–H and O–H groups in total. The van der Waals surface area contributed by atoms with Crippen LogP contribution in [0.4, 0.5) is 4.39 Å². The lowest BCUT2D eigenvalue weighted by molar-refractivity contribution is 0.620. The smallest absolute Gasteiger partial charge is 0.158 e. The first kappa shape index (κ1) is 12.8. The van der Waals surface area contributed by atoms with Crippen LogP contribution >= 0.6 is 0 Å². The quantitative estimate of drug-likeness (QED) is 0.771. The normalized spacial score (nSPS) is 9.74. The summed E-state index contributed by atoms with van der Waals surface area (Å²) in [7, 11) is 0. The molecule has 0 aliphatic carbocycles. The standard InChI is InChI=1S/C16H11FN2/c1-10-4-3-5-11(2)15(10)12-6-13(8-18)16(17)14(7-12)9-19/h3-7H,1-2H3.